The molecule has 0 saturated carbocycles. The molecule has 4 nitrogen and oxygen atoms in total. The summed E-state index contributed by atoms with van der Waals surface area (Å²) in [6, 6.07) is 93.7. The van der Waals surface area contributed by atoms with Crippen LogP contribution < -0.4 is 0 Å². The molecule has 0 atom stereocenters. The number of rotatable bonds is 6. The fourth-order valence-corrected chi connectivity index (χ4v) is 11.9. The van der Waals surface area contributed by atoms with E-state index in [1.54, 1.807) is 0 Å². The Morgan fingerprint density at radius 2 is 0.471 bits per heavy atom. The van der Waals surface area contributed by atoms with Crippen LogP contribution in [0.1, 0.15) is 0 Å². The number of benzene rings is 11. The highest BCUT2D eigenvalue weighted by atomic mass is 15.0. The summed E-state index contributed by atoms with van der Waals surface area (Å²) in [5.41, 5.74) is 18.5. The molecule has 0 unspecified atom stereocenters. The van der Waals surface area contributed by atoms with Crippen LogP contribution in [0.25, 0.3) is 132 Å². The number of nitrogens with zero attached hydrogens (tertiary/aromatic N) is 4. The third kappa shape index (κ3) is 5.47. The molecule has 0 aliphatic rings. The summed E-state index contributed by atoms with van der Waals surface area (Å²) >= 11 is 0. The highest BCUT2D eigenvalue weighted by Gasteiger charge is 2.25. The molecule has 4 heteroatoms. The van der Waals surface area contributed by atoms with Crippen molar-refractivity contribution in [3.05, 3.63) is 255 Å². The predicted octanol–water partition coefficient (Wildman–Crippen LogP) is 17.4. The summed E-state index contributed by atoms with van der Waals surface area (Å²) in [6.45, 7) is 0. The van der Waals surface area contributed by atoms with Crippen molar-refractivity contribution in [2.75, 3.05) is 0 Å². The second-order valence-corrected chi connectivity index (χ2v) is 18.4. The Morgan fingerprint density at radius 3 is 0.871 bits per heavy atom. The van der Waals surface area contributed by atoms with Gasteiger partial charge >= 0.3 is 0 Å². The predicted molar refractivity (Wildman–Crippen MR) is 295 cm³/mol. The lowest BCUT2D eigenvalue weighted by Gasteiger charge is -2.23. The molecule has 0 aliphatic carbocycles. The van der Waals surface area contributed by atoms with E-state index in [1.165, 1.54) is 76.2 Å². The second-order valence-electron chi connectivity index (χ2n) is 18.4. The van der Waals surface area contributed by atoms with E-state index in [4.69, 9.17) is 0 Å². The maximum absolute atomic E-state index is 2.55. The maximum atomic E-state index is 2.55. The minimum Gasteiger partial charge on any atom is -0.309 e. The Hall–Kier alpha value is -9.38. The van der Waals surface area contributed by atoms with Gasteiger partial charge in [-0.3, -0.25) is 0 Å². The van der Waals surface area contributed by atoms with Gasteiger partial charge in [0.1, 0.15) is 0 Å². The van der Waals surface area contributed by atoms with E-state index in [9.17, 15) is 0 Å². The molecule has 11 aromatic carbocycles. The molecule has 0 N–H and O–H groups in total. The zero-order valence-corrected chi connectivity index (χ0v) is 38.0. The first-order chi connectivity index (χ1) is 34.8. The third-order valence-corrected chi connectivity index (χ3v) is 14.8. The molecule has 15 rings (SSSR count). The Kier molecular flexibility index (Phi) is 8.33. The molecule has 0 saturated heterocycles. The molecule has 0 radical (unpaired) electrons. The van der Waals surface area contributed by atoms with Crippen LogP contribution in [0.3, 0.4) is 0 Å². The smallest absolute Gasteiger partial charge is 0.0620 e. The molecule has 0 spiro atoms. The average Bonchev–Trinajstić information content (AvgIpc) is 4.16. The van der Waals surface area contributed by atoms with Crippen LogP contribution >= 0.6 is 0 Å². The number of para-hydroxylation sites is 10. The fraction of sp³-hybridized carbons (Fsp3) is 0. The Morgan fingerprint density at radius 1 is 0.186 bits per heavy atom. The van der Waals surface area contributed by atoms with Gasteiger partial charge in [-0.2, -0.15) is 0 Å². The minimum absolute atomic E-state index is 1.12. The SMILES string of the molecule is c1ccc(-n2c3ccccc3c3ccccc32)c(-c2cccc(-c3ccccc3-n3c4ccccc4c4ccccc43)c2-n2c3ccccc3c3cc(-n4c5ccccc5c5ccccc54)ccc32)c1. The number of hydrogen-bond donors (Lipinski definition) is 0. The number of hydrogen-bond acceptors (Lipinski definition) is 0. The molecule has 326 valence electrons. The van der Waals surface area contributed by atoms with E-state index in [-0.39, 0.29) is 0 Å². The zero-order valence-electron chi connectivity index (χ0n) is 38.0. The van der Waals surface area contributed by atoms with Gasteiger partial charge in [-0.1, -0.05) is 182 Å². The number of aromatic nitrogens is 4. The van der Waals surface area contributed by atoms with Crippen LogP contribution in [0.2, 0.25) is 0 Å². The van der Waals surface area contributed by atoms with E-state index in [2.05, 4.69) is 273 Å². The number of fused-ring (bicyclic) bond motifs is 12. The molecule has 4 aromatic heterocycles. The molecule has 70 heavy (non-hydrogen) atoms. The second kappa shape index (κ2) is 15.1. The first-order valence-corrected chi connectivity index (χ1v) is 24.1. The van der Waals surface area contributed by atoms with Crippen molar-refractivity contribution in [1.29, 1.82) is 0 Å². The molecular formula is C66H42N4. The van der Waals surface area contributed by atoms with Crippen molar-refractivity contribution in [2.45, 2.75) is 0 Å². The topological polar surface area (TPSA) is 19.7 Å². The lowest BCUT2D eigenvalue weighted by Crippen LogP contribution is -2.05. The lowest BCUT2D eigenvalue weighted by molar-refractivity contribution is 1.15. The van der Waals surface area contributed by atoms with Gasteiger partial charge in [0.15, 0.2) is 0 Å². The molecular weight excluding hydrogens is 849 g/mol. The van der Waals surface area contributed by atoms with Crippen molar-refractivity contribution < 1.29 is 0 Å². The van der Waals surface area contributed by atoms with Crippen molar-refractivity contribution in [1.82, 2.24) is 18.3 Å². The van der Waals surface area contributed by atoms with Crippen LogP contribution in [-0.4, -0.2) is 18.3 Å². The van der Waals surface area contributed by atoms with Gasteiger partial charge in [0, 0.05) is 71.0 Å². The Balaban J connectivity index is 1.07. The van der Waals surface area contributed by atoms with Crippen molar-refractivity contribution in [2.24, 2.45) is 0 Å². The maximum Gasteiger partial charge on any atom is 0.0620 e. The summed E-state index contributed by atoms with van der Waals surface area (Å²) in [4.78, 5) is 0. The van der Waals surface area contributed by atoms with Gasteiger partial charge in [0.2, 0.25) is 0 Å². The van der Waals surface area contributed by atoms with E-state index in [0.29, 0.717) is 0 Å². The van der Waals surface area contributed by atoms with E-state index >= 15 is 0 Å². The summed E-state index contributed by atoms with van der Waals surface area (Å²) in [7, 11) is 0. The van der Waals surface area contributed by atoms with E-state index in [1.807, 2.05) is 0 Å². The first kappa shape index (κ1) is 38.7. The molecule has 15 aromatic rings. The zero-order chi connectivity index (χ0) is 45.9. The highest BCUT2D eigenvalue weighted by molar-refractivity contribution is 6.15. The Labute approximate surface area is 403 Å². The molecule has 0 amide bonds. The van der Waals surface area contributed by atoms with Crippen molar-refractivity contribution >= 4 is 87.2 Å². The standard InChI is InChI=1S/C66H42N4/c1-10-31-56-44(20-1)45-21-2-11-32-57(45)67(56)43-40-41-65-55(42-43)52-28-9-18-39-64(52)70(65)66-53(50-26-7-16-37-62(50)68-58-33-12-3-22-46(58)47-23-4-13-34-59(47)68)29-19-30-54(66)51-27-8-17-38-63(51)69-60-35-14-5-24-48(60)49-25-6-15-36-61(49)69/h1-42H. The highest BCUT2D eigenvalue weighted by Crippen LogP contribution is 2.47. The summed E-state index contributed by atoms with van der Waals surface area (Å²) in [6.07, 6.45) is 0. The van der Waals surface area contributed by atoms with Crippen molar-refractivity contribution in [3.63, 3.8) is 0 Å². The van der Waals surface area contributed by atoms with Gasteiger partial charge in [-0.15, -0.1) is 0 Å². The van der Waals surface area contributed by atoms with Crippen molar-refractivity contribution in [3.8, 4) is 45.0 Å². The van der Waals surface area contributed by atoms with Crippen LogP contribution in [-0.2, 0) is 0 Å². The van der Waals surface area contributed by atoms with Crippen LogP contribution in [0, 0.1) is 0 Å². The van der Waals surface area contributed by atoms with Gasteiger partial charge in [0.05, 0.1) is 61.2 Å². The third-order valence-electron chi connectivity index (χ3n) is 14.8. The lowest BCUT2D eigenvalue weighted by atomic mass is 9.93. The Bertz CT molecular complexity index is 4270. The van der Waals surface area contributed by atoms with E-state index < -0.39 is 0 Å². The van der Waals surface area contributed by atoms with E-state index in [0.717, 1.165) is 56.0 Å². The largest absolute Gasteiger partial charge is 0.309 e. The van der Waals surface area contributed by atoms with Crippen LogP contribution in [0.4, 0.5) is 0 Å². The van der Waals surface area contributed by atoms with Gasteiger partial charge in [-0.05, 0) is 72.8 Å². The molecule has 0 fully saturated rings. The molecule has 0 aliphatic heterocycles. The monoisotopic (exact) mass is 890 g/mol. The van der Waals surface area contributed by atoms with Gasteiger partial charge in [-0.25, -0.2) is 0 Å². The quantitative estimate of drug-likeness (QED) is 0.158. The fourth-order valence-electron chi connectivity index (χ4n) is 11.9. The molecule has 0 bridgehead atoms. The first-order valence-electron chi connectivity index (χ1n) is 24.1. The minimum atomic E-state index is 1.12. The molecule has 4 heterocycles. The normalized spacial score (nSPS) is 12.0. The van der Waals surface area contributed by atoms with Crippen LogP contribution in [0.15, 0.2) is 255 Å². The summed E-state index contributed by atoms with van der Waals surface area (Å²) in [5.74, 6) is 0. The van der Waals surface area contributed by atoms with Gasteiger partial charge in [0.25, 0.3) is 0 Å². The van der Waals surface area contributed by atoms with Crippen LogP contribution in [0.5, 0.6) is 0 Å². The van der Waals surface area contributed by atoms with Gasteiger partial charge < -0.3 is 18.3 Å². The summed E-state index contributed by atoms with van der Waals surface area (Å²) < 4.78 is 9.91. The average molecular weight is 891 g/mol. The summed E-state index contributed by atoms with van der Waals surface area (Å²) in [5, 5.41) is 9.86.